The van der Waals surface area contributed by atoms with Crippen molar-refractivity contribution >= 4 is 0 Å². The van der Waals surface area contributed by atoms with Gasteiger partial charge >= 0.3 is 6.05 Å². The first-order valence-electron chi connectivity index (χ1n) is 3.23. The molecule has 70 valence electrons. The van der Waals surface area contributed by atoms with Crippen LogP contribution in [0.1, 0.15) is 5.56 Å². The normalized spacial score (nSPS) is 11.3. The average Bonchev–Trinajstić information content (AvgIpc) is 2.04. The lowest BCUT2D eigenvalue weighted by Crippen LogP contribution is -2.25. The maximum absolute atomic E-state index is 12.7. The standard InChI is InChI=1S/C7H4F3NO2/c8-6-4-2-1-3-5(6)7(9,10)11(12)13/h1-4H. The number of rotatable bonds is 2. The van der Waals surface area contributed by atoms with E-state index in [1.54, 1.807) is 0 Å². The Balaban J connectivity index is 3.22. The number of benzene rings is 1. The molecule has 0 spiro atoms. The van der Waals surface area contributed by atoms with Crippen LogP contribution in [-0.4, -0.2) is 4.92 Å². The summed E-state index contributed by atoms with van der Waals surface area (Å²) in [5.74, 6) is -1.29. The number of halogens is 3. The molecule has 0 unspecified atom stereocenters. The molecule has 1 rings (SSSR count). The number of alkyl halides is 2. The summed E-state index contributed by atoms with van der Waals surface area (Å²) in [4.78, 5) is 8.03. The molecule has 0 bridgehead atoms. The van der Waals surface area contributed by atoms with Crippen molar-refractivity contribution < 1.29 is 18.1 Å². The van der Waals surface area contributed by atoms with Gasteiger partial charge in [-0.05, 0) is 12.1 Å². The number of hydrogen-bond donors (Lipinski definition) is 0. The van der Waals surface area contributed by atoms with Gasteiger partial charge in [0.2, 0.25) is 0 Å². The number of nitro groups is 1. The van der Waals surface area contributed by atoms with Gasteiger partial charge in [-0.3, -0.25) is 10.1 Å². The predicted molar refractivity (Wildman–Crippen MR) is 37.3 cm³/mol. The third-order valence-electron chi connectivity index (χ3n) is 1.43. The molecule has 0 amide bonds. The number of nitrogens with zero attached hydrogens (tertiary/aromatic N) is 1. The molecule has 0 saturated heterocycles. The maximum atomic E-state index is 12.7. The Kier molecular flexibility index (Phi) is 2.22. The molecule has 3 nitrogen and oxygen atoms in total. The molecule has 0 aliphatic rings. The fraction of sp³-hybridized carbons (Fsp3) is 0.143. The Morgan fingerprint density at radius 3 is 2.31 bits per heavy atom. The largest absolute Gasteiger partial charge is 0.542 e. The van der Waals surface area contributed by atoms with E-state index in [0.29, 0.717) is 6.07 Å². The highest BCUT2D eigenvalue weighted by Gasteiger charge is 2.48. The highest BCUT2D eigenvalue weighted by Crippen LogP contribution is 2.29. The summed E-state index contributed by atoms with van der Waals surface area (Å²) in [6.07, 6.45) is 0. The minimum atomic E-state index is -4.37. The van der Waals surface area contributed by atoms with Crippen molar-refractivity contribution in [3.63, 3.8) is 0 Å². The fourth-order valence-electron chi connectivity index (χ4n) is 0.803. The Labute approximate surface area is 70.9 Å². The Bertz CT molecular complexity index is 340. The Morgan fingerprint density at radius 2 is 1.85 bits per heavy atom. The van der Waals surface area contributed by atoms with Crippen LogP contribution < -0.4 is 0 Å². The van der Waals surface area contributed by atoms with Gasteiger partial charge in [-0.15, -0.1) is 8.78 Å². The van der Waals surface area contributed by atoms with E-state index >= 15 is 0 Å². The van der Waals surface area contributed by atoms with Crippen molar-refractivity contribution in [1.82, 2.24) is 0 Å². The summed E-state index contributed by atoms with van der Waals surface area (Å²) in [5.41, 5.74) is -1.22. The second-order valence-electron chi connectivity index (χ2n) is 2.28. The predicted octanol–water partition coefficient (Wildman–Crippen LogP) is 2.15. The van der Waals surface area contributed by atoms with Gasteiger partial charge in [-0.1, -0.05) is 12.1 Å². The van der Waals surface area contributed by atoms with Gasteiger partial charge in [0.15, 0.2) is 0 Å². The minimum Gasteiger partial charge on any atom is -0.259 e. The monoisotopic (exact) mass is 191 g/mol. The van der Waals surface area contributed by atoms with E-state index in [1.807, 2.05) is 0 Å². The molecule has 0 N–H and O–H groups in total. The second-order valence-corrected chi connectivity index (χ2v) is 2.28. The van der Waals surface area contributed by atoms with E-state index in [9.17, 15) is 23.3 Å². The molecule has 0 saturated carbocycles. The summed E-state index contributed by atoms with van der Waals surface area (Å²) in [7, 11) is 0. The summed E-state index contributed by atoms with van der Waals surface area (Å²) in [5, 5.41) is 9.86. The lowest BCUT2D eigenvalue weighted by Gasteiger charge is -2.07. The van der Waals surface area contributed by atoms with Crippen molar-refractivity contribution in [2.24, 2.45) is 0 Å². The molecule has 0 aromatic heterocycles. The van der Waals surface area contributed by atoms with Crippen LogP contribution in [0.15, 0.2) is 24.3 Å². The highest BCUT2D eigenvalue weighted by molar-refractivity contribution is 5.19. The first-order valence-corrected chi connectivity index (χ1v) is 3.23. The fourth-order valence-corrected chi connectivity index (χ4v) is 0.803. The SMILES string of the molecule is O=[N+]([O-])C(F)(F)c1ccccc1F. The van der Waals surface area contributed by atoms with Crippen LogP contribution in [0.4, 0.5) is 13.2 Å². The van der Waals surface area contributed by atoms with E-state index < -0.39 is 22.4 Å². The van der Waals surface area contributed by atoms with Gasteiger partial charge < -0.3 is 0 Å². The van der Waals surface area contributed by atoms with E-state index in [-0.39, 0.29) is 0 Å². The van der Waals surface area contributed by atoms with Crippen LogP contribution in [0.25, 0.3) is 0 Å². The van der Waals surface area contributed by atoms with E-state index in [2.05, 4.69) is 0 Å². The molecular weight excluding hydrogens is 187 g/mol. The molecular formula is C7H4F3NO2. The highest BCUT2D eigenvalue weighted by atomic mass is 19.3. The van der Waals surface area contributed by atoms with Gasteiger partial charge in [0, 0.05) is 0 Å². The van der Waals surface area contributed by atoms with E-state index in [1.165, 1.54) is 6.07 Å². The van der Waals surface area contributed by atoms with Crippen molar-refractivity contribution in [2.75, 3.05) is 0 Å². The average molecular weight is 191 g/mol. The van der Waals surface area contributed by atoms with Crippen LogP contribution in [0.5, 0.6) is 0 Å². The van der Waals surface area contributed by atoms with Crippen molar-refractivity contribution in [3.8, 4) is 0 Å². The van der Waals surface area contributed by atoms with Gasteiger partial charge in [-0.25, -0.2) is 4.39 Å². The molecule has 6 heteroatoms. The summed E-state index contributed by atoms with van der Waals surface area (Å²) < 4.78 is 37.9. The minimum absolute atomic E-state index is 0.679. The molecule has 0 heterocycles. The zero-order chi connectivity index (χ0) is 10.1. The lowest BCUT2D eigenvalue weighted by atomic mass is 10.2. The Hall–Kier alpha value is -1.59. The zero-order valence-electron chi connectivity index (χ0n) is 6.21. The molecule has 1 aromatic carbocycles. The smallest absolute Gasteiger partial charge is 0.259 e. The summed E-state index contributed by atoms with van der Waals surface area (Å²) in [6, 6.07) is -0.666. The quantitative estimate of drug-likeness (QED) is 0.408. The molecule has 0 aliphatic carbocycles. The molecule has 0 fully saturated rings. The molecule has 13 heavy (non-hydrogen) atoms. The van der Waals surface area contributed by atoms with Crippen LogP contribution in [0.2, 0.25) is 0 Å². The summed E-state index contributed by atoms with van der Waals surface area (Å²) >= 11 is 0. The van der Waals surface area contributed by atoms with E-state index in [4.69, 9.17) is 0 Å². The first kappa shape index (κ1) is 9.50. The first-order chi connectivity index (χ1) is 5.96. The zero-order valence-corrected chi connectivity index (χ0v) is 6.21. The van der Waals surface area contributed by atoms with Crippen LogP contribution in [-0.2, 0) is 6.05 Å². The molecule has 0 aliphatic heterocycles. The van der Waals surface area contributed by atoms with Gasteiger partial charge in [-0.2, -0.15) is 0 Å². The second kappa shape index (κ2) is 3.04. The van der Waals surface area contributed by atoms with Gasteiger partial charge in [0.1, 0.15) is 16.3 Å². The molecule has 0 atom stereocenters. The van der Waals surface area contributed by atoms with Crippen LogP contribution in [0, 0.1) is 15.9 Å². The van der Waals surface area contributed by atoms with Crippen molar-refractivity contribution in [2.45, 2.75) is 6.05 Å². The van der Waals surface area contributed by atoms with E-state index in [0.717, 1.165) is 12.1 Å². The van der Waals surface area contributed by atoms with Gasteiger partial charge in [0.05, 0.1) is 0 Å². The van der Waals surface area contributed by atoms with Crippen LogP contribution >= 0.6 is 0 Å². The third-order valence-corrected chi connectivity index (χ3v) is 1.43. The van der Waals surface area contributed by atoms with Crippen LogP contribution in [0.3, 0.4) is 0 Å². The Morgan fingerprint density at radius 1 is 1.31 bits per heavy atom. The maximum Gasteiger partial charge on any atom is 0.542 e. The molecule has 0 radical (unpaired) electrons. The van der Waals surface area contributed by atoms with Gasteiger partial charge in [0.25, 0.3) is 0 Å². The third kappa shape index (κ3) is 1.61. The van der Waals surface area contributed by atoms with Crippen molar-refractivity contribution in [3.05, 3.63) is 45.8 Å². The molecule has 1 aromatic rings. The van der Waals surface area contributed by atoms with Crippen molar-refractivity contribution in [1.29, 1.82) is 0 Å². The lowest BCUT2D eigenvalue weighted by molar-refractivity contribution is -0.656. The number of hydrogen-bond acceptors (Lipinski definition) is 2. The topological polar surface area (TPSA) is 43.1 Å². The summed E-state index contributed by atoms with van der Waals surface area (Å²) in [6.45, 7) is 0.